The Bertz CT molecular complexity index is 693. The fourth-order valence-electron chi connectivity index (χ4n) is 1.64. The number of amides is 1. The van der Waals surface area contributed by atoms with Crippen LogP contribution in [-0.4, -0.2) is 15.7 Å². The van der Waals surface area contributed by atoms with Crippen molar-refractivity contribution in [1.82, 2.24) is 9.78 Å². The lowest BCUT2D eigenvalue weighted by atomic mass is 10.2. The van der Waals surface area contributed by atoms with Gasteiger partial charge < -0.3 is 5.32 Å². The highest BCUT2D eigenvalue weighted by Crippen LogP contribution is 2.30. The summed E-state index contributed by atoms with van der Waals surface area (Å²) in [4.78, 5) is 11.8. The number of anilines is 1. The average molecular weight is 305 g/mol. The van der Waals surface area contributed by atoms with E-state index in [0.717, 1.165) is 23.0 Å². The van der Waals surface area contributed by atoms with Gasteiger partial charge in [-0.1, -0.05) is 0 Å². The predicted molar refractivity (Wildman–Crippen MR) is 62.5 cm³/mol. The fourth-order valence-corrected chi connectivity index (χ4v) is 1.64. The number of halogens is 5. The van der Waals surface area contributed by atoms with Gasteiger partial charge >= 0.3 is 6.18 Å². The average Bonchev–Trinajstić information content (AvgIpc) is 2.76. The lowest BCUT2D eigenvalue weighted by Gasteiger charge is -2.07. The number of hydrogen-bond donors (Lipinski definition) is 1. The molecule has 0 aliphatic rings. The van der Waals surface area contributed by atoms with Crippen LogP contribution in [0.5, 0.6) is 0 Å². The van der Waals surface area contributed by atoms with Gasteiger partial charge in [-0.15, -0.1) is 0 Å². The Kier molecular flexibility index (Phi) is 3.67. The first-order chi connectivity index (χ1) is 9.68. The molecule has 21 heavy (non-hydrogen) atoms. The normalized spacial score (nSPS) is 11.5. The van der Waals surface area contributed by atoms with E-state index < -0.39 is 35.0 Å². The molecule has 1 aromatic heterocycles. The van der Waals surface area contributed by atoms with E-state index in [4.69, 9.17) is 0 Å². The zero-order chi connectivity index (χ0) is 15.8. The van der Waals surface area contributed by atoms with Gasteiger partial charge in [0.15, 0.2) is 17.3 Å². The van der Waals surface area contributed by atoms with Gasteiger partial charge in [0.05, 0.1) is 5.56 Å². The molecule has 0 bridgehead atoms. The molecule has 0 unspecified atom stereocenters. The SMILES string of the molecule is Cn1cc(C(=O)Nc2ccc(F)c(F)c2)c(C(F)(F)F)n1. The van der Waals surface area contributed by atoms with Crippen molar-refractivity contribution >= 4 is 11.6 Å². The Hall–Kier alpha value is -2.45. The number of aromatic nitrogens is 2. The van der Waals surface area contributed by atoms with E-state index in [1.807, 2.05) is 0 Å². The summed E-state index contributed by atoms with van der Waals surface area (Å²) in [6.45, 7) is 0. The van der Waals surface area contributed by atoms with Crippen molar-refractivity contribution in [3.8, 4) is 0 Å². The highest BCUT2D eigenvalue weighted by molar-refractivity contribution is 6.05. The minimum Gasteiger partial charge on any atom is -0.322 e. The van der Waals surface area contributed by atoms with Crippen molar-refractivity contribution in [1.29, 1.82) is 0 Å². The second-order valence-corrected chi connectivity index (χ2v) is 4.15. The molecule has 0 spiro atoms. The molecule has 9 heteroatoms. The molecule has 2 rings (SSSR count). The molecule has 112 valence electrons. The van der Waals surface area contributed by atoms with Crippen molar-refractivity contribution in [2.45, 2.75) is 6.18 Å². The van der Waals surface area contributed by atoms with Crippen molar-refractivity contribution < 1.29 is 26.7 Å². The molecule has 0 saturated heterocycles. The summed E-state index contributed by atoms with van der Waals surface area (Å²) in [6.07, 6.45) is -3.92. The number of benzene rings is 1. The summed E-state index contributed by atoms with van der Waals surface area (Å²) in [5, 5.41) is 5.23. The second kappa shape index (κ2) is 5.15. The number of carbonyl (C=O) groups excluding carboxylic acids is 1. The summed E-state index contributed by atoms with van der Waals surface area (Å²) in [6, 6.07) is 2.44. The minimum atomic E-state index is -4.80. The number of carbonyl (C=O) groups is 1. The maximum atomic E-state index is 13.0. The Labute approximate surface area is 115 Å². The van der Waals surface area contributed by atoms with Gasteiger partial charge in [-0.25, -0.2) is 8.78 Å². The molecule has 0 aliphatic heterocycles. The van der Waals surface area contributed by atoms with Crippen LogP contribution in [0.2, 0.25) is 0 Å². The molecule has 0 aliphatic carbocycles. The molecular weight excluding hydrogens is 297 g/mol. The quantitative estimate of drug-likeness (QED) is 0.867. The van der Waals surface area contributed by atoms with Crippen LogP contribution in [0.25, 0.3) is 0 Å². The van der Waals surface area contributed by atoms with Crippen molar-refractivity contribution in [2.24, 2.45) is 7.05 Å². The Morgan fingerprint density at radius 1 is 1.24 bits per heavy atom. The molecule has 4 nitrogen and oxygen atoms in total. The van der Waals surface area contributed by atoms with Crippen LogP contribution >= 0.6 is 0 Å². The highest BCUT2D eigenvalue weighted by Gasteiger charge is 2.39. The van der Waals surface area contributed by atoms with E-state index in [0.29, 0.717) is 6.07 Å². The maximum Gasteiger partial charge on any atom is 0.435 e. The number of aryl methyl sites for hydroxylation is 1. The van der Waals surface area contributed by atoms with E-state index in [-0.39, 0.29) is 5.69 Å². The summed E-state index contributed by atoms with van der Waals surface area (Å²) in [7, 11) is 1.23. The summed E-state index contributed by atoms with van der Waals surface area (Å²) >= 11 is 0. The molecule has 2 aromatic rings. The van der Waals surface area contributed by atoms with Crippen LogP contribution in [0.15, 0.2) is 24.4 Å². The van der Waals surface area contributed by atoms with Gasteiger partial charge in [0.1, 0.15) is 0 Å². The third-order valence-electron chi connectivity index (χ3n) is 2.52. The number of alkyl halides is 3. The highest BCUT2D eigenvalue weighted by atomic mass is 19.4. The third-order valence-corrected chi connectivity index (χ3v) is 2.52. The smallest absolute Gasteiger partial charge is 0.322 e. The van der Waals surface area contributed by atoms with Crippen LogP contribution in [0.3, 0.4) is 0 Å². The topological polar surface area (TPSA) is 46.9 Å². The van der Waals surface area contributed by atoms with Gasteiger partial charge in [-0.3, -0.25) is 9.48 Å². The van der Waals surface area contributed by atoms with Gasteiger partial charge in [-0.2, -0.15) is 18.3 Å². The summed E-state index contributed by atoms with van der Waals surface area (Å²) in [5.74, 6) is -3.48. The van der Waals surface area contributed by atoms with E-state index in [9.17, 15) is 26.7 Å². The van der Waals surface area contributed by atoms with Gasteiger partial charge in [-0.05, 0) is 12.1 Å². The predicted octanol–water partition coefficient (Wildman–Crippen LogP) is 2.97. The first-order valence-corrected chi connectivity index (χ1v) is 5.55. The molecule has 1 aromatic carbocycles. The van der Waals surface area contributed by atoms with E-state index >= 15 is 0 Å². The van der Waals surface area contributed by atoms with E-state index in [1.165, 1.54) is 7.05 Å². The molecule has 0 atom stereocenters. The van der Waals surface area contributed by atoms with Crippen molar-refractivity contribution in [3.05, 3.63) is 47.3 Å². The van der Waals surface area contributed by atoms with Crippen molar-refractivity contribution in [3.63, 3.8) is 0 Å². The number of hydrogen-bond acceptors (Lipinski definition) is 2. The van der Waals surface area contributed by atoms with Gasteiger partial charge in [0.2, 0.25) is 0 Å². The summed E-state index contributed by atoms with van der Waals surface area (Å²) < 4.78 is 64.7. The third kappa shape index (κ3) is 3.18. The zero-order valence-electron chi connectivity index (χ0n) is 10.5. The van der Waals surface area contributed by atoms with E-state index in [2.05, 4.69) is 10.4 Å². The first-order valence-electron chi connectivity index (χ1n) is 5.55. The van der Waals surface area contributed by atoms with Crippen LogP contribution in [0.1, 0.15) is 16.1 Å². The van der Waals surface area contributed by atoms with Crippen LogP contribution in [-0.2, 0) is 13.2 Å². The molecule has 0 radical (unpaired) electrons. The lowest BCUT2D eigenvalue weighted by molar-refractivity contribution is -0.141. The van der Waals surface area contributed by atoms with Crippen LogP contribution in [0, 0.1) is 11.6 Å². The summed E-state index contributed by atoms with van der Waals surface area (Å²) in [5.41, 5.74) is -2.24. The molecule has 1 amide bonds. The standard InChI is InChI=1S/C12H8F5N3O/c1-20-5-7(10(19-20)12(15,16)17)11(21)18-6-2-3-8(13)9(14)4-6/h2-5H,1H3,(H,18,21). The monoisotopic (exact) mass is 305 g/mol. The second-order valence-electron chi connectivity index (χ2n) is 4.15. The van der Waals surface area contributed by atoms with Crippen LogP contribution in [0.4, 0.5) is 27.6 Å². The van der Waals surface area contributed by atoms with Crippen molar-refractivity contribution in [2.75, 3.05) is 5.32 Å². The zero-order valence-corrected chi connectivity index (χ0v) is 10.5. The Morgan fingerprint density at radius 2 is 1.90 bits per heavy atom. The fraction of sp³-hybridized carbons (Fsp3) is 0.167. The van der Waals surface area contributed by atoms with Gasteiger partial charge in [0.25, 0.3) is 5.91 Å². The number of rotatable bonds is 2. The molecule has 0 fully saturated rings. The first kappa shape index (κ1) is 14.9. The largest absolute Gasteiger partial charge is 0.435 e. The Balaban J connectivity index is 2.30. The number of nitrogens with one attached hydrogen (secondary N) is 1. The van der Waals surface area contributed by atoms with Gasteiger partial charge in [0, 0.05) is 25.0 Å². The minimum absolute atomic E-state index is 0.170. The molecule has 1 heterocycles. The Morgan fingerprint density at radius 3 is 2.48 bits per heavy atom. The molecule has 1 N–H and O–H groups in total. The molecule has 0 saturated carbocycles. The number of nitrogens with zero attached hydrogens (tertiary/aromatic N) is 2. The molecular formula is C12H8F5N3O. The van der Waals surface area contributed by atoms with Crippen LogP contribution < -0.4 is 5.32 Å². The lowest BCUT2D eigenvalue weighted by Crippen LogP contribution is -2.18. The maximum absolute atomic E-state index is 13.0. The van der Waals surface area contributed by atoms with E-state index in [1.54, 1.807) is 0 Å².